The van der Waals surface area contributed by atoms with Crippen molar-refractivity contribution in [1.82, 2.24) is 14.1 Å². The summed E-state index contributed by atoms with van der Waals surface area (Å²) in [5.74, 6) is 0.465. The van der Waals surface area contributed by atoms with E-state index in [1.54, 1.807) is 11.3 Å². The van der Waals surface area contributed by atoms with Crippen LogP contribution in [0.2, 0.25) is 0 Å². The summed E-state index contributed by atoms with van der Waals surface area (Å²) < 4.78 is 12.9. The van der Waals surface area contributed by atoms with Crippen molar-refractivity contribution in [2.45, 2.75) is 12.6 Å². The van der Waals surface area contributed by atoms with Crippen LogP contribution in [0.5, 0.6) is 5.88 Å². The van der Waals surface area contributed by atoms with Gasteiger partial charge in [-0.25, -0.2) is 0 Å². The molecule has 2 aromatic heterocycles. The van der Waals surface area contributed by atoms with Gasteiger partial charge >= 0.3 is 0 Å². The predicted octanol–water partition coefficient (Wildman–Crippen LogP) is 1.13. The van der Waals surface area contributed by atoms with Crippen molar-refractivity contribution < 1.29 is 9.84 Å². The minimum Gasteiger partial charge on any atom is -0.473 e. The SMILES string of the molecule is OC(CNCc1cccs1)COc1cnsn1. The number of thiophene rings is 1. The number of ether oxygens (including phenoxy) is 1. The number of aromatic nitrogens is 2. The Bertz CT molecular complexity index is 405. The molecule has 0 fully saturated rings. The number of aliphatic hydroxyl groups excluding tert-OH is 1. The maximum absolute atomic E-state index is 9.65. The van der Waals surface area contributed by atoms with Crippen LogP contribution in [0, 0.1) is 0 Å². The molecule has 0 radical (unpaired) electrons. The zero-order chi connectivity index (χ0) is 11.9. The van der Waals surface area contributed by atoms with Gasteiger partial charge in [-0.2, -0.15) is 4.37 Å². The summed E-state index contributed by atoms with van der Waals surface area (Å²) in [5.41, 5.74) is 0. The highest BCUT2D eigenvalue weighted by Crippen LogP contribution is 2.07. The molecule has 2 N–H and O–H groups in total. The third kappa shape index (κ3) is 4.39. The van der Waals surface area contributed by atoms with Gasteiger partial charge in [-0.3, -0.25) is 0 Å². The first-order valence-electron chi connectivity index (χ1n) is 5.16. The van der Waals surface area contributed by atoms with E-state index < -0.39 is 6.10 Å². The van der Waals surface area contributed by atoms with Gasteiger partial charge in [0.1, 0.15) is 18.9 Å². The molecule has 0 aliphatic carbocycles. The number of nitrogens with one attached hydrogen (secondary N) is 1. The van der Waals surface area contributed by atoms with E-state index in [1.165, 1.54) is 11.1 Å². The van der Waals surface area contributed by atoms with Gasteiger partial charge in [0.15, 0.2) is 0 Å². The number of rotatable bonds is 7. The van der Waals surface area contributed by atoms with Crippen molar-refractivity contribution in [3.8, 4) is 5.88 Å². The Hall–Kier alpha value is -1.02. The fourth-order valence-corrected chi connectivity index (χ4v) is 2.27. The second-order valence-electron chi connectivity index (χ2n) is 3.42. The third-order valence-corrected chi connectivity index (χ3v) is 3.36. The molecule has 1 atom stereocenters. The van der Waals surface area contributed by atoms with E-state index in [9.17, 15) is 5.11 Å². The average Bonchev–Trinajstić information content (AvgIpc) is 2.99. The molecular weight excluding hydrogens is 258 g/mol. The molecule has 1 unspecified atom stereocenters. The van der Waals surface area contributed by atoms with E-state index >= 15 is 0 Å². The van der Waals surface area contributed by atoms with Gasteiger partial charge < -0.3 is 15.2 Å². The van der Waals surface area contributed by atoms with Crippen molar-refractivity contribution in [1.29, 1.82) is 0 Å². The quantitative estimate of drug-likeness (QED) is 0.790. The van der Waals surface area contributed by atoms with Gasteiger partial charge in [-0.1, -0.05) is 6.07 Å². The maximum atomic E-state index is 9.65. The Kier molecular flexibility index (Phi) is 4.87. The molecule has 0 aliphatic heterocycles. The summed E-state index contributed by atoms with van der Waals surface area (Å²) in [6.45, 7) is 1.49. The Morgan fingerprint density at radius 3 is 3.18 bits per heavy atom. The third-order valence-electron chi connectivity index (χ3n) is 2.02. The normalized spacial score (nSPS) is 12.5. The predicted molar refractivity (Wildman–Crippen MR) is 67.4 cm³/mol. The number of nitrogens with zero attached hydrogens (tertiary/aromatic N) is 2. The minimum atomic E-state index is -0.545. The van der Waals surface area contributed by atoms with Crippen LogP contribution in [0.1, 0.15) is 4.88 Å². The van der Waals surface area contributed by atoms with Crippen LogP contribution in [-0.4, -0.2) is 33.1 Å². The first-order valence-corrected chi connectivity index (χ1v) is 6.77. The molecule has 7 heteroatoms. The largest absolute Gasteiger partial charge is 0.473 e. The molecule has 2 heterocycles. The maximum Gasteiger partial charge on any atom is 0.245 e. The van der Waals surface area contributed by atoms with Crippen LogP contribution < -0.4 is 10.1 Å². The molecular formula is C10H13N3O2S2. The fourth-order valence-electron chi connectivity index (χ4n) is 1.24. The van der Waals surface area contributed by atoms with E-state index in [-0.39, 0.29) is 6.61 Å². The summed E-state index contributed by atoms with van der Waals surface area (Å²) in [7, 11) is 0. The standard InChI is InChI=1S/C10H13N3O2S2/c14-8(7-15-10-6-12-17-13-10)4-11-5-9-2-1-3-16-9/h1-3,6,8,11,14H,4-5,7H2. The van der Waals surface area contributed by atoms with Gasteiger partial charge in [-0.15, -0.1) is 15.7 Å². The van der Waals surface area contributed by atoms with E-state index in [2.05, 4.69) is 20.1 Å². The van der Waals surface area contributed by atoms with Gasteiger partial charge in [-0.05, 0) is 11.4 Å². The van der Waals surface area contributed by atoms with Gasteiger partial charge in [0.2, 0.25) is 5.88 Å². The Morgan fingerprint density at radius 1 is 1.53 bits per heavy atom. The molecule has 0 saturated carbocycles. The van der Waals surface area contributed by atoms with Gasteiger partial charge in [0.25, 0.3) is 0 Å². The molecule has 2 rings (SSSR count). The number of hydrogen-bond acceptors (Lipinski definition) is 7. The molecule has 0 bridgehead atoms. The van der Waals surface area contributed by atoms with E-state index in [0.717, 1.165) is 18.3 Å². The highest BCUT2D eigenvalue weighted by molar-refractivity contribution is 7.09. The molecule has 5 nitrogen and oxygen atoms in total. The Balaban J connectivity index is 1.59. The molecule has 0 amide bonds. The van der Waals surface area contributed by atoms with Crippen LogP contribution in [0.3, 0.4) is 0 Å². The number of hydrogen-bond donors (Lipinski definition) is 2. The summed E-state index contributed by atoms with van der Waals surface area (Å²) in [4.78, 5) is 1.25. The zero-order valence-electron chi connectivity index (χ0n) is 9.07. The van der Waals surface area contributed by atoms with Crippen molar-refractivity contribution in [2.75, 3.05) is 13.2 Å². The molecule has 2 aromatic rings. The van der Waals surface area contributed by atoms with Gasteiger partial charge in [0, 0.05) is 18.0 Å². The van der Waals surface area contributed by atoms with Crippen LogP contribution in [0.15, 0.2) is 23.7 Å². The van der Waals surface area contributed by atoms with Crippen molar-refractivity contribution >= 4 is 23.1 Å². The zero-order valence-corrected chi connectivity index (χ0v) is 10.7. The second-order valence-corrected chi connectivity index (χ2v) is 5.01. The molecule has 0 aromatic carbocycles. The molecule has 17 heavy (non-hydrogen) atoms. The lowest BCUT2D eigenvalue weighted by atomic mass is 10.3. The van der Waals surface area contributed by atoms with Crippen molar-refractivity contribution in [2.24, 2.45) is 0 Å². The lowest BCUT2D eigenvalue weighted by molar-refractivity contribution is 0.104. The topological polar surface area (TPSA) is 67.3 Å². The summed E-state index contributed by atoms with van der Waals surface area (Å²) in [6.07, 6.45) is 0.993. The number of aliphatic hydroxyl groups is 1. The van der Waals surface area contributed by atoms with Gasteiger partial charge in [0.05, 0.1) is 11.7 Å². The Labute approximate surface area is 107 Å². The van der Waals surface area contributed by atoms with E-state index in [1.807, 2.05) is 11.4 Å². The van der Waals surface area contributed by atoms with Crippen molar-refractivity contribution in [3.05, 3.63) is 28.6 Å². The lowest BCUT2D eigenvalue weighted by Crippen LogP contribution is -2.31. The lowest BCUT2D eigenvalue weighted by Gasteiger charge is -2.11. The van der Waals surface area contributed by atoms with Crippen LogP contribution >= 0.6 is 23.1 Å². The van der Waals surface area contributed by atoms with E-state index in [4.69, 9.17) is 4.74 Å². The fraction of sp³-hybridized carbons (Fsp3) is 0.400. The molecule has 0 saturated heterocycles. The summed E-state index contributed by atoms with van der Waals surface area (Å²) in [5, 5.41) is 14.8. The summed E-state index contributed by atoms with van der Waals surface area (Å²) in [6, 6.07) is 4.07. The molecule has 0 aliphatic rings. The highest BCUT2D eigenvalue weighted by atomic mass is 32.1. The smallest absolute Gasteiger partial charge is 0.245 e. The first-order chi connectivity index (χ1) is 8.34. The summed E-state index contributed by atoms with van der Waals surface area (Å²) >= 11 is 2.78. The monoisotopic (exact) mass is 271 g/mol. The van der Waals surface area contributed by atoms with Crippen LogP contribution in [0.25, 0.3) is 0 Å². The van der Waals surface area contributed by atoms with E-state index in [0.29, 0.717) is 12.4 Å². The Morgan fingerprint density at radius 2 is 2.47 bits per heavy atom. The minimum absolute atomic E-state index is 0.225. The van der Waals surface area contributed by atoms with Crippen molar-refractivity contribution in [3.63, 3.8) is 0 Å². The second kappa shape index (κ2) is 6.65. The molecule has 0 spiro atoms. The first kappa shape index (κ1) is 12.4. The van der Waals surface area contributed by atoms with Crippen LogP contribution in [-0.2, 0) is 6.54 Å². The highest BCUT2D eigenvalue weighted by Gasteiger charge is 2.06. The average molecular weight is 271 g/mol. The molecule has 92 valence electrons. The van der Waals surface area contributed by atoms with Crippen LogP contribution in [0.4, 0.5) is 0 Å².